The third-order valence-corrected chi connectivity index (χ3v) is 6.29. The van der Waals surface area contributed by atoms with Crippen LogP contribution in [0.4, 0.5) is 5.82 Å². The van der Waals surface area contributed by atoms with Gasteiger partial charge < -0.3 is 9.73 Å². The van der Waals surface area contributed by atoms with E-state index in [1.165, 1.54) is 16.2 Å². The van der Waals surface area contributed by atoms with Crippen molar-refractivity contribution >= 4 is 51.7 Å². The predicted molar refractivity (Wildman–Crippen MR) is 127 cm³/mol. The molecule has 31 heavy (non-hydrogen) atoms. The van der Waals surface area contributed by atoms with Gasteiger partial charge in [-0.3, -0.25) is 18.9 Å². The summed E-state index contributed by atoms with van der Waals surface area (Å²) in [6.07, 6.45) is 7.84. The average molecular weight is 455 g/mol. The van der Waals surface area contributed by atoms with Crippen LogP contribution in [0.5, 0.6) is 0 Å². The molecular weight excluding hydrogens is 432 g/mol. The topological polar surface area (TPSA) is 79.8 Å². The average Bonchev–Trinajstić information content (AvgIpc) is 3.38. The first kappa shape index (κ1) is 21.3. The molecule has 0 aliphatic carbocycles. The van der Waals surface area contributed by atoms with Crippen LogP contribution in [-0.2, 0) is 11.3 Å². The molecule has 4 heterocycles. The van der Waals surface area contributed by atoms with Crippen molar-refractivity contribution in [2.24, 2.45) is 0 Å². The van der Waals surface area contributed by atoms with Crippen molar-refractivity contribution in [3.05, 3.63) is 69.4 Å². The number of nitrogens with one attached hydrogen (secondary N) is 1. The summed E-state index contributed by atoms with van der Waals surface area (Å²) in [5.74, 6) is 0.938. The number of carbonyl (C=O) groups is 1. The highest BCUT2D eigenvalue weighted by Crippen LogP contribution is 2.33. The molecule has 1 fully saturated rings. The number of fused-ring (bicyclic) bond motifs is 1. The molecule has 7 nitrogen and oxygen atoms in total. The lowest BCUT2D eigenvalue weighted by Gasteiger charge is -2.13. The van der Waals surface area contributed by atoms with Gasteiger partial charge in [0.1, 0.15) is 21.5 Å². The molecule has 3 aromatic rings. The number of hydrogen-bond acceptors (Lipinski definition) is 7. The number of hydrogen-bond donors (Lipinski definition) is 1. The molecule has 0 aromatic carbocycles. The smallest absolute Gasteiger partial charge is 0.267 e. The zero-order valence-electron chi connectivity index (χ0n) is 17.0. The van der Waals surface area contributed by atoms with E-state index in [1.54, 1.807) is 41.6 Å². The van der Waals surface area contributed by atoms with Gasteiger partial charge in [0.15, 0.2) is 0 Å². The fraction of sp³-hybridized carbons (Fsp3) is 0.273. The molecule has 9 heteroatoms. The molecule has 3 aromatic heterocycles. The number of nitrogens with zero attached hydrogens (tertiary/aromatic N) is 3. The quantitative estimate of drug-likeness (QED) is 0.309. The van der Waals surface area contributed by atoms with E-state index in [-0.39, 0.29) is 11.5 Å². The standard InChI is InChI=1S/C22H22N4O3S2/c1-2-3-5-11-26-21(28)17(31-22(26)30)13-16-19(23-14-15-8-7-12-29-15)24-18-9-4-6-10-25(18)20(16)27/h4,6-10,12-13,23H,2-3,5,11,14H2,1H3/b17-13-. The van der Waals surface area contributed by atoms with Crippen molar-refractivity contribution in [2.75, 3.05) is 11.9 Å². The zero-order chi connectivity index (χ0) is 21.8. The fourth-order valence-electron chi connectivity index (χ4n) is 3.30. The summed E-state index contributed by atoms with van der Waals surface area (Å²) < 4.78 is 7.35. The van der Waals surface area contributed by atoms with Crippen LogP contribution in [0.1, 0.15) is 37.5 Å². The minimum atomic E-state index is -0.260. The van der Waals surface area contributed by atoms with E-state index in [2.05, 4.69) is 17.2 Å². The highest BCUT2D eigenvalue weighted by molar-refractivity contribution is 8.26. The number of carbonyl (C=O) groups excluding carboxylic acids is 1. The molecule has 0 radical (unpaired) electrons. The minimum Gasteiger partial charge on any atom is -0.467 e. The Bertz CT molecular complexity index is 1200. The SMILES string of the molecule is CCCCCN1C(=O)/C(=C/c2c(NCc3ccco3)nc3ccccn3c2=O)SC1=S. The third-order valence-electron chi connectivity index (χ3n) is 4.91. The van der Waals surface area contributed by atoms with E-state index >= 15 is 0 Å². The second kappa shape index (κ2) is 9.49. The third kappa shape index (κ3) is 4.57. The van der Waals surface area contributed by atoms with Crippen molar-refractivity contribution < 1.29 is 9.21 Å². The summed E-state index contributed by atoms with van der Waals surface area (Å²) in [6.45, 7) is 3.07. The van der Waals surface area contributed by atoms with Crippen LogP contribution in [0, 0.1) is 0 Å². The molecule has 0 atom stereocenters. The summed E-state index contributed by atoms with van der Waals surface area (Å²) in [6, 6.07) is 8.98. The molecule has 0 unspecified atom stereocenters. The predicted octanol–water partition coefficient (Wildman–Crippen LogP) is 4.29. The Labute approximate surface area is 189 Å². The Morgan fingerprint density at radius 2 is 2.10 bits per heavy atom. The lowest BCUT2D eigenvalue weighted by molar-refractivity contribution is -0.122. The largest absolute Gasteiger partial charge is 0.467 e. The number of aromatic nitrogens is 2. The summed E-state index contributed by atoms with van der Waals surface area (Å²) >= 11 is 6.63. The molecular formula is C22H22N4O3S2. The van der Waals surface area contributed by atoms with Crippen molar-refractivity contribution in [2.45, 2.75) is 32.7 Å². The molecule has 0 spiro atoms. The van der Waals surface area contributed by atoms with E-state index in [0.717, 1.165) is 19.3 Å². The van der Waals surface area contributed by atoms with E-state index in [0.29, 0.717) is 45.1 Å². The van der Waals surface area contributed by atoms with Crippen LogP contribution >= 0.6 is 24.0 Å². The van der Waals surface area contributed by atoms with Crippen molar-refractivity contribution in [3.8, 4) is 0 Å². The Hall–Kier alpha value is -2.91. The van der Waals surface area contributed by atoms with Crippen LogP contribution < -0.4 is 10.9 Å². The second-order valence-corrected chi connectivity index (χ2v) is 8.76. The van der Waals surface area contributed by atoms with Crippen LogP contribution in [0.25, 0.3) is 11.7 Å². The van der Waals surface area contributed by atoms with Gasteiger partial charge in [-0.15, -0.1) is 0 Å². The van der Waals surface area contributed by atoms with Gasteiger partial charge in [0, 0.05) is 12.7 Å². The van der Waals surface area contributed by atoms with E-state index in [1.807, 2.05) is 12.1 Å². The van der Waals surface area contributed by atoms with E-state index in [4.69, 9.17) is 16.6 Å². The molecule has 1 aliphatic heterocycles. The van der Waals surface area contributed by atoms with Gasteiger partial charge in [-0.05, 0) is 36.8 Å². The number of thiocarbonyl (C=S) groups is 1. The molecule has 1 aliphatic rings. The van der Waals surface area contributed by atoms with Crippen LogP contribution in [-0.4, -0.2) is 31.1 Å². The maximum Gasteiger partial charge on any atom is 0.267 e. The number of rotatable bonds is 8. The molecule has 1 saturated heterocycles. The lowest BCUT2D eigenvalue weighted by atomic mass is 10.2. The summed E-state index contributed by atoms with van der Waals surface area (Å²) in [7, 11) is 0. The van der Waals surface area contributed by atoms with Gasteiger partial charge in [-0.1, -0.05) is 49.8 Å². The Morgan fingerprint density at radius 3 is 2.87 bits per heavy atom. The Kier molecular flexibility index (Phi) is 6.53. The van der Waals surface area contributed by atoms with E-state index < -0.39 is 0 Å². The van der Waals surface area contributed by atoms with Crippen molar-refractivity contribution in [3.63, 3.8) is 0 Å². The first-order valence-electron chi connectivity index (χ1n) is 10.1. The number of unbranched alkanes of at least 4 members (excludes halogenated alkanes) is 2. The van der Waals surface area contributed by atoms with Gasteiger partial charge in [0.2, 0.25) is 0 Å². The van der Waals surface area contributed by atoms with Crippen molar-refractivity contribution in [1.82, 2.24) is 14.3 Å². The Balaban J connectivity index is 1.70. The van der Waals surface area contributed by atoms with Gasteiger partial charge in [-0.2, -0.15) is 0 Å². The van der Waals surface area contributed by atoms with Crippen LogP contribution in [0.3, 0.4) is 0 Å². The maximum absolute atomic E-state index is 13.2. The summed E-state index contributed by atoms with van der Waals surface area (Å²) in [5.41, 5.74) is 0.562. The van der Waals surface area contributed by atoms with E-state index in [9.17, 15) is 9.59 Å². The van der Waals surface area contributed by atoms with Crippen LogP contribution in [0.15, 0.2) is 56.9 Å². The van der Waals surface area contributed by atoms with Crippen molar-refractivity contribution in [1.29, 1.82) is 0 Å². The Morgan fingerprint density at radius 1 is 1.23 bits per heavy atom. The number of furan rings is 1. The maximum atomic E-state index is 13.2. The van der Waals surface area contributed by atoms with Gasteiger partial charge in [-0.25, -0.2) is 4.98 Å². The molecule has 0 saturated carbocycles. The molecule has 0 bridgehead atoms. The normalized spacial score (nSPS) is 15.4. The number of anilines is 1. The minimum absolute atomic E-state index is 0.166. The van der Waals surface area contributed by atoms with Gasteiger partial charge in [0.05, 0.1) is 23.3 Å². The highest BCUT2D eigenvalue weighted by Gasteiger charge is 2.32. The van der Waals surface area contributed by atoms with Gasteiger partial charge in [0.25, 0.3) is 11.5 Å². The first-order chi connectivity index (χ1) is 15.1. The number of pyridine rings is 1. The van der Waals surface area contributed by atoms with Gasteiger partial charge >= 0.3 is 0 Å². The molecule has 1 N–H and O–H groups in total. The summed E-state index contributed by atoms with van der Waals surface area (Å²) in [4.78, 5) is 32.8. The first-order valence-corrected chi connectivity index (χ1v) is 11.3. The number of thioether (sulfide) groups is 1. The van der Waals surface area contributed by atoms with Crippen LogP contribution in [0.2, 0.25) is 0 Å². The molecule has 1 amide bonds. The zero-order valence-corrected chi connectivity index (χ0v) is 18.7. The highest BCUT2D eigenvalue weighted by atomic mass is 32.2. The summed E-state index contributed by atoms with van der Waals surface area (Å²) in [5, 5.41) is 3.17. The molecule has 160 valence electrons. The second-order valence-electron chi connectivity index (χ2n) is 7.08. The molecule has 4 rings (SSSR count). The lowest BCUT2D eigenvalue weighted by Crippen LogP contribution is -2.29. The number of amides is 1. The monoisotopic (exact) mass is 454 g/mol. The fourth-order valence-corrected chi connectivity index (χ4v) is 4.59.